The van der Waals surface area contributed by atoms with Crippen LogP contribution >= 0.6 is 0 Å². The Morgan fingerprint density at radius 2 is 2.33 bits per heavy atom. The third kappa shape index (κ3) is 2.56. The van der Waals surface area contributed by atoms with E-state index in [4.69, 9.17) is 4.74 Å². The van der Waals surface area contributed by atoms with E-state index in [-0.39, 0.29) is 0 Å². The summed E-state index contributed by atoms with van der Waals surface area (Å²) in [5.41, 5.74) is 1.24. The van der Waals surface area contributed by atoms with Crippen molar-refractivity contribution in [3.8, 4) is 11.5 Å². The zero-order valence-electron chi connectivity index (χ0n) is 8.60. The Hall–Kier alpha value is -1.83. The number of rotatable bonds is 3. The lowest BCUT2D eigenvalue weighted by Crippen LogP contribution is -1.86. The van der Waals surface area contributed by atoms with Crippen molar-refractivity contribution in [2.24, 2.45) is 0 Å². The number of aryl methyl sites for hydroxylation is 1. The second-order valence-corrected chi connectivity index (χ2v) is 3.21. The van der Waals surface area contributed by atoms with Gasteiger partial charge in [-0.05, 0) is 30.2 Å². The predicted octanol–water partition coefficient (Wildman–Crippen LogP) is 3.24. The van der Waals surface area contributed by atoms with Gasteiger partial charge in [0.1, 0.15) is 11.5 Å². The third-order valence-corrected chi connectivity index (χ3v) is 2.11. The Kier molecular flexibility index (Phi) is 2.98. The number of nitrogens with zero attached hydrogens (tertiary/aromatic N) is 1. The Morgan fingerprint density at radius 1 is 1.40 bits per heavy atom. The van der Waals surface area contributed by atoms with E-state index in [1.54, 1.807) is 12.4 Å². The summed E-state index contributed by atoms with van der Waals surface area (Å²) in [6.07, 6.45) is 4.41. The molecule has 1 aromatic heterocycles. The van der Waals surface area contributed by atoms with Crippen molar-refractivity contribution in [1.82, 2.24) is 4.98 Å². The van der Waals surface area contributed by atoms with Crippen LogP contribution in [0.5, 0.6) is 11.5 Å². The summed E-state index contributed by atoms with van der Waals surface area (Å²) in [5, 5.41) is 0. The van der Waals surface area contributed by atoms with Crippen LogP contribution in [0.4, 0.5) is 0 Å². The van der Waals surface area contributed by atoms with Gasteiger partial charge in [-0.25, -0.2) is 0 Å². The van der Waals surface area contributed by atoms with E-state index < -0.39 is 0 Å². The van der Waals surface area contributed by atoms with Crippen LogP contribution in [-0.4, -0.2) is 4.98 Å². The van der Waals surface area contributed by atoms with E-state index in [2.05, 4.69) is 18.0 Å². The van der Waals surface area contributed by atoms with Gasteiger partial charge in [0.05, 0.1) is 6.20 Å². The first kappa shape index (κ1) is 9.71. The fraction of sp³-hybridized carbons (Fsp3) is 0.154. The summed E-state index contributed by atoms with van der Waals surface area (Å²) in [6.45, 7) is 2.11. The van der Waals surface area contributed by atoms with E-state index in [1.807, 2.05) is 30.3 Å². The fourth-order valence-electron chi connectivity index (χ4n) is 1.30. The second kappa shape index (κ2) is 4.60. The molecule has 0 saturated carbocycles. The van der Waals surface area contributed by atoms with Crippen molar-refractivity contribution in [2.75, 3.05) is 0 Å². The van der Waals surface area contributed by atoms with Crippen LogP contribution in [0.2, 0.25) is 0 Å². The summed E-state index contributed by atoms with van der Waals surface area (Å²) in [5.74, 6) is 1.48. The van der Waals surface area contributed by atoms with Crippen LogP contribution in [0, 0.1) is 6.07 Å². The highest BCUT2D eigenvalue weighted by atomic mass is 16.5. The Bertz CT molecular complexity index is 426. The first-order valence-corrected chi connectivity index (χ1v) is 4.97. The van der Waals surface area contributed by atoms with Crippen LogP contribution < -0.4 is 4.74 Å². The minimum atomic E-state index is 0.738. The van der Waals surface area contributed by atoms with E-state index in [0.29, 0.717) is 0 Å². The molecule has 75 valence electrons. The van der Waals surface area contributed by atoms with Gasteiger partial charge >= 0.3 is 0 Å². The molecule has 2 rings (SSSR count). The largest absolute Gasteiger partial charge is 0.455 e. The number of aromatic nitrogens is 1. The van der Waals surface area contributed by atoms with Gasteiger partial charge in [-0.2, -0.15) is 0 Å². The molecule has 0 aliphatic carbocycles. The molecular formula is C13H12NO. The number of ether oxygens (including phenoxy) is 1. The van der Waals surface area contributed by atoms with Gasteiger partial charge in [-0.15, -0.1) is 0 Å². The van der Waals surface area contributed by atoms with Crippen LogP contribution in [0.3, 0.4) is 0 Å². The lowest BCUT2D eigenvalue weighted by Gasteiger charge is -2.05. The standard InChI is InChI=1S/C13H12NO/c1-2-11-5-3-6-12(9-11)15-13-7-4-8-14-10-13/h3-5,7-10H,2H2,1H3. The molecule has 0 amide bonds. The molecule has 0 unspecified atom stereocenters. The first-order valence-electron chi connectivity index (χ1n) is 4.97. The van der Waals surface area contributed by atoms with Crippen LogP contribution in [0.25, 0.3) is 0 Å². The zero-order chi connectivity index (χ0) is 10.5. The summed E-state index contributed by atoms with van der Waals surface area (Å²) in [6, 6.07) is 12.7. The van der Waals surface area contributed by atoms with Gasteiger partial charge in [-0.3, -0.25) is 4.98 Å². The van der Waals surface area contributed by atoms with Crippen LogP contribution in [0.1, 0.15) is 12.5 Å². The Balaban J connectivity index is 2.17. The maximum Gasteiger partial charge on any atom is 0.145 e. The summed E-state index contributed by atoms with van der Waals surface area (Å²) >= 11 is 0. The smallest absolute Gasteiger partial charge is 0.145 e. The van der Waals surface area contributed by atoms with Crippen molar-refractivity contribution in [3.05, 3.63) is 54.4 Å². The lowest BCUT2D eigenvalue weighted by atomic mass is 10.2. The van der Waals surface area contributed by atoms with E-state index in [1.165, 1.54) is 5.56 Å². The molecule has 0 saturated heterocycles. The molecule has 0 aliphatic rings. The van der Waals surface area contributed by atoms with Crippen molar-refractivity contribution in [3.63, 3.8) is 0 Å². The monoisotopic (exact) mass is 198 g/mol. The van der Waals surface area contributed by atoms with E-state index >= 15 is 0 Å². The number of benzene rings is 1. The molecule has 0 N–H and O–H groups in total. The quantitative estimate of drug-likeness (QED) is 0.755. The molecule has 0 fully saturated rings. The molecular weight excluding hydrogens is 186 g/mol. The highest BCUT2D eigenvalue weighted by Crippen LogP contribution is 2.20. The van der Waals surface area contributed by atoms with Gasteiger partial charge in [0.25, 0.3) is 0 Å². The van der Waals surface area contributed by atoms with Gasteiger partial charge in [0, 0.05) is 12.3 Å². The van der Waals surface area contributed by atoms with Gasteiger partial charge in [0.15, 0.2) is 0 Å². The van der Waals surface area contributed by atoms with Crippen LogP contribution in [0.15, 0.2) is 42.7 Å². The molecule has 1 heterocycles. The highest BCUT2D eigenvalue weighted by Gasteiger charge is 1.97. The molecule has 0 aliphatic heterocycles. The highest BCUT2D eigenvalue weighted by molar-refractivity contribution is 5.31. The van der Waals surface area contributed by atoms with Gasteiger partial charge in [0.2, 0.25) is 0 Å². The Labute approximate surface area is 89.6 Å². The molecule has 1 radical (unpaired) electrons. The van der Waals surface area contributed by atoms with Crippen LogP contribution in [-0.2, 0) is 6.42 Å². The van der Waals surface area contributed by atoms with Gasteiger partial charge in [-0.1, -0.05) is 19.1 Å². The molecule has 2 heteroatoms. The second-order valence-electron chi connectivity index (χ2n) is 3.21. The topological polar surface area (TPSA) is 22.1 Å². The third-order valence-electron chi connectivity index (χ3n) is 2.11. The summed E-state index contributed by atoms with van der Waals surface area (Å²) in [4.78, 5) is 3.98. The normalized spacial score (nSPS) is 9.93. The SMILES string of the molecule is CCc1cc[c]c(Oc2cccnc2)c1. The van der Waals surface area contributed by atoms with Gasteiger partial charge < -0.3 is 4.74 Å². The number of hydrogen-bond donors (Lipinski definition) is 0. The van der Waals surface area contributed by atoms with Crippen molar-refractivity contribution >= 4 is 0 Å². The first-order chi connectivity index (χ1) is 7.38. The van der Waals surface area contributed by atoms with Crippen molar-refractivity contribution < 1.29 is 4.74 Å². The molecule has 15 heavy (non-hydrogen) atoms. The molecule has 0 atom stereocenters. The molecule has 0 spiro atoms. The summed E-state index contributed by atoms with van der Waals surface area (Å²) in [7, 11) is 0. The summed E-state index contributed by atoms with van der Waals surface area (Å²) < 4.78 is 5.60. The molecule has 2 aromatic rings. The number of pyridine rings is 1. The maximum atomic E-state index is 5.60. The predicted molar refractivity (Wildman–Crippen MR) is 59.0 cm³/mol. The average Bonchev–Trinajstić information content (AvgIpc) is 2.31. The minimum absolute atomic E-state index is 0.738. The van der Waals surface area contributed by atoms with Crippen molar-refractivity contribution in [2.45, 2.75) is 13.3 Å². The number of hydrogen-bond acceptors (Lipinski definition) is 2. The molecule has 1 aromatic carbocycles. The minimum Gasteiger partial charge on any atom is -0.455 e. The fourth-order valence-corrected chi connectivity index (χ4v) is 1.30. The average molecular weight is 198 g/mol. The lowest BCUT2D eigenvalue weighted by molar-refractivity contribution is 0.478. The Morgan fingerprint density at radius 3 is 3.07 bits per heavy atom. The molecule has 0 bridgehead atoms. The maximum absolute atomic E-state index is 5.60. The van der Waals surface area contributed by atoms with E-state index in [0.717, 1.165) is 17.9 Å². The van der Waals surface area contributed by atoms with E-state index in [9.17, 15) is 0 Å². The van der Waals surface area contributed by atoms with Crippen molar-refractivity contribution in [1.29, 1.82) is 0 Å². The zero-order valence-corrected chi connectivity index (χ0v) is 8.60. The molecule has 2 nitrogen and oxygen atoms in total.